The summed E-state index contributed by atoms with van der Waals surface area (Å²) in [6, 6.07) is 12.3. The van der Waals surface area contributed by atoms with Gasteiger partial charge in [-0.15, -0.1) is 0 Å². The SMILES string of the molecule is CCNC(=O)[C@H](NC(=O)C(C)(COC)c1ccc2nc(C(NC(=O)c3ccnn3C)C(c3ccccc3Cl)C(C)(C)F)[nH]c2c1)C1CCC1. The second-order valence-electron chi connectivity index (χ2n) is 13.5. The summed E-state index contributed by atoms with van der Waals surface area (Å²) in [5.41, 5.74) is -0.509. The van der Waals surface area contributed by atoms with Gasteiger partial charge in [-0.05, 0) is 81.8 Å². The number of ether oxygens (including phenoxy) is 1. The number of hydrogen-bond acceptors (Lipinski definition) is 6. The Balaban J connectivity index is 1.56. The topological polar surface area (TPSA) is 143 Å². The number of methoxy groups -OCH3 is 1. The number of hydrogen-bond donors (Lipinski definition) is 4. The van der Waals surface area contributed by atoms with E-state index in [1.54, 1.807) is 62.5 Å². The number of halogens is 2. The van der Waals surface area contributed by atoms with Gasteiger partial charge < -0.3 is 25.7 Å². The largest absolute Gasteiger partial charge is 0.383 e. The van der Waals surface area contributed by atoms with Crippen molar-refractivity contribution in [2.24, 2.45) is 13.0 Å². The number of H-pyrrole nitrogens is 1. The van der Waals surface area contributed by atoms with Crippen molar-refractivity contribution in [3.05, 3.63) is 82.4 Å². The van der Waals surface area contributed by atoms with Gasteiger partial charge >= 0.3 is 0 Å². The highest BCUT2D eigenvalue weighted by Gasteiger charge is 2.43. The van der Waals surface area contributed by atoms with Gasteiger partial charge in [0, 0.05) is 37.8 Å². The summed E-state index contributed by atoms with van der Waals surface area (Å²) in [6.07, 6.45) is 4.27. The average molecular weight is 694 g/mol. The van der Waals surface area contributed by atoms with Gasteiger partial charge in [0.05, 0.1) is 29.1 Å². The van der Waals surface area contributed by atoms with Crippen LogP contribution in [0.1, 0.15) is 86.4 Å². The molecule has 13 heteroatoms. The number of likely N-dealkylation sites (N-methyl/N-ethyl adjacent to an activating group) is 1. The lowest BCUT2D eigenvalue weighted by molar-refractivity contribution is -0.135. The van der Waals surface area contributed by atoms with E-state index in [0.29, 0.717) is 39.6 Å². The molecular formula is C36H45ClFN7O4. The lowest BCUT2D eigenvalue weighted by Gasteiger charge is -2.36. The molecule has 0 radical (unpaired) electrons. The van der Waals surface area contributed by atoms with Crippen LogP contribution in [-0.4, -0.2) is 69.4 Å². The number of carbonyl (C=O) groups is 3. The highest BCUT2D eigenvalue weighted by Crippen LogP contribution is 2.44. The van der Waals surface area contributed by atoms with Crippen molar-refractivity contribution in [3.8, 4) is 0 Å². The summed E-state index contributed by atoms with van der Waals surface area (Å²) in [5.74, 6) is -1.58. The molecule has 1 aliphatic rings. The zero-order valence-electron chi connectivity index (χ0n) is 28.8. The first-order chi connectivity index (χ1) is 23.3. The Bertz CT molecular complexity index is 1810. The fourth-order valence-electron chi connectivity index (χ4n) is 6.64. The second-order valence-corrected chi connectivity index (χ2v) is 13.9. The van der Waals surface area contributed by atoms with Gasteiger partial charge in [0.15, 0.2) is 0 Å². The molecule has 0 saturated heterocycles. The van der Waals surface area contributed by atoms with Crippen LogP contribution in [0.25, 0.3) is 11.0 Å². The number of aryl methyl sites for hydroxylation is 1. The maximum Gasteiger partial charge on any atom is 0.270 e. The fraction of sp³-hybridized carbons (Fsp3) is 0.472. The molecule has 4 N–H and O–H groups in total. The van der Waals surface area contributed by atoms with Crippen molar-refractivity contribution in [1.82, 2.24) is 35.7 Å². The zero-order chi connectivity index (χ0) is 35.5. The number of benzene rings is 2. The number of nitrogens with one attached hydrogen (secondary N) is 4. The summed E-state index contributed by atoms with van der Waals surface area (Å²) in [5, 5.41) is 13.3. The zero-order valence-corrected chi connectivity index (χ0v) is 29.5. The molecule has 0 bridgehead atoms. The van der Waals surface area contributed by atoms with Crippen LogP contribution in [0.15, 0.2) is 54.7 Å². The van der Waals surface area contributed by atoms with E-state index in [4.69, 9.17) is 21.3 Å². The highest BCUT2D eigenvalue weighted by molar-refractivity contribution is 6.31. The van der Waals surface area contributed by atoms with Gasteiger partial charge in [-0.1, -0.05) is 42.3 Å². The molecule has 4 atom stereocenters. The molecule has 11 nitrogen and oxygen atoms in total. The summed E-state index contributed by atoms with van der Waals surface area (Å²) in [7, 11) is 3.17. The lowest BCUT2D eigenvalue weighted by Crippen LogP contribution is -2.57. The Morgan fingerprint density at radius 2 is 1.86 bits per heavy atom. The minimum Gasteiger partial charge on any atom is -0.383 e. The molecule has 1 saturated carbocycles. The number of rotatable bonds is 14. The molecular weight excluding hydrogens is 649 g/mol. The average Bonchev–Trinajstić information content (AvgIpc) is 3.65. The molecule has 2 heterocycles. The van der Waals surface area contributed by atoms with Crippen molar-refractivity contribution in [2.75, 3.05) is 20.3 Å². The number of alkyl halides is 1. The Morgan fingerprint density at radius 3 is 2.45 bits per heavy atom. The normalized spacial score (nSPS) is 16.7. The van der Waals surface area contributed by atoms with E-state index in [0.717, 1.165) is 19.3 Å². The fourth-order valence-corrected chi connectivity index (χ4v) is 6.89. The molecule has 3 unspecified atom stereocenters. The van der Waals surface area contributed by atoms with E-state index in [1.807, 2.05) is 6.92 Å². The first-order valence-corrected chi connectivity index (χ1v) is 17.0. The minimum absolute atomic E-state index is 0.0477. The maximum atomic E-state index is 16.3. The van der Waals surface area contributed by atoms with Crippen LogP contribution in [0, 0.1) is 5.92 Å². The van der Waals surface area contributed by atoms with Gasteiger partial charge in [-0.2, -0.15) is 5.10 Å². The van der Waals surface area contributed by atoms with Crippen LogP contribution in [0.2, 0.25) is 5.02 Å². The molecule has 0 spiro atoms. The number of carbonyl (C=O) groups excluding carboxylic acids is 3. The number of nitrogens with zero attached hydrogens (tertiary/aromatic N) is 3. The number of imidazole rings is 1. The van der Waals surface area contributed by atoms with Crippen molar-refractivity contribution < 1.29 is 23.5 Å². The molecule has 5 rings (SSSR count). The van der Waals surface area contributed by atoms with Gasteiger partial charge in [0.1, 0.15) is 23.2 Å². The lowest BCUT2D eigenvalue weighted by atomic mass is 9.77. The van der Waals surface area contributed by atoms with Crippen LogP contribution in [-0.2, 0) is 26.8 Å². The molecule has 1 aliphatic carbocycles. The van der Waals surface area contributed by atoms with E-state index < -0.39 is 35.0 Å². The first kappa shape index (κ1) is 36.0. The third-order valence-electron chi connectivity index (χ3n) is 9.56. The predicted molar refractivity (Wildman–Crippen MR) is 186 cm³/mol. The summed E-state index contributed by atoms with van der Waals surface area (Å²) >= 11 is 6.63. The second kappa shape index (κ2) is 14.7. The Kier molecular flexibility index (Phi) is 10.8. The van der Waals surface area contributed by atoms with Crippen LogP contribution >= 0.6 is 11.6 Å². The monoisotopic (exact) mass is 693 g/mol. The van der Waals surface area contributed by atoms with Crippen molar-refractivity contribution >= 4 is 40.4 Å². The number of aromatic nitrogens is 4. The van der Waals surface area contributed by atoms with E-state index in [9.17, 15) is 14.4 Å². The molecule has 49 heavy (non-hydrogen) atoms. The van der Waals surface area contributed by atoms with E-state index in [1.165, 1.54) is 31.8 Å². The molecule has 0 aliphatic heterocycles. The standard InChI is InChI=1S/C36H45ClFN7O4/c1-7-39-33(47)29(21-11-10-12-21)44-34(48)36(4,20-49-6)22-15-16-25-26(19-22)42-31(41-25)30(43-32(46)27-17-18-40-45(27)5)28(35(2,3)38)23-13-8-9-14-24(23)37/h8-9,13-19,21,28-30H,7,10-12,20H2,1-6H3,(H,39,47)(H,41,42)(H,43,46)(H,44,48)/t28?,29-,30?,36?/m1/s1. The van der Waals surface area contributed by atoms with E-state index in [2.05, 4.69) is 26.0 Å². The minimum atomic E-state index is -1.87. The van der Waals surface area contributed by atoms with Crippen LogP contribution in [0.4, 0.5) is 4.39 Å². The molecule has 1 fully saturated rings. The van der Waals surface area contributed by atoms with Gasteiger partial charge in [-0.3, -0.25) is 19.1 Å². The molecule has 3 amide bonds. The van der Waals surface area contributed by atoms with Gasteiger partial charge in [0.2, 0.25) is 11.8 Å². The Hall–Kier alpha value is -4.29. The van der Waals surface area contributed by atoms with Crippen molar-refractivity contribution in [1.29, 1.82) is 0 Å². The van der Waals surface area contributed by atoms with Gasteiger partial charge in [0.25, 0.3) is 5.91 Å². The van der Waals surface area contributed by atoms with Crippen LogP contribution in [0.5, 0.6) is 0 Å². The molecule has 2 aromatic heterocycles. The van der Waals surface area contributed by atoms with E-state index in [-0.39, 0.29) is 30.0 Å². The summed E-state index contributed by atoms with van der Waals surface area (Å²) < 4.78 is 23.3. The Morgan fingerprint density at radius 1 is 1.12 bits per heavy atom. The van der Waals surface area contributed by atoms with E-state index >= 15 is 4.39 Å². The summed E-state index contributed by atoms with van der Waals surface area (Å²) in [6.45, 7) is 7.02. The number of fused-ring (bicyclic) bond motifs is 1. The smallest absolute Gasteiger partial charge is 0.270 e. The third-order valence-corrected chi connectivity index (χ3v) is 9.90. The quantitative estimate of drug-likeness (QED) is 0.142. The van der Waals surface area contributed by atoms with Crippen LogP contribution in [0.3, 0.4) is 0 Å². The third kappa shape index (κ3) is 7.50. The summed E-state index contributed by atoms with van der Waals surface area (Å²) in [4.78, 5) is 48.7. The predicted octanol–water partition coefficient (Wildman–Crippen LogP) is 5.28. The van der Waals surface area contributed by atoms with Gasteiger partial charge in [-0.25, -0.2) is 9.37 Å². The first-order valence-electron chi connectivity index (χ1n) is 16.6. The van der Waals surface area contributed by atoms with Crippen molar-refractivity contribution in [2.45, 2.75) is 76.0 Å². The number of aromatic amines is 1. The Labute approximate surface area is 290 Å². The number of amides is 3. The maximum absolute atomic E-state index is 16.3. The molecule has 4 aromatic rings. The van der Waals surface area contributed by atoms with Crippen molar-refractivity contribution in [3.63, 3.8) is 0 Å². The van der Waals surface area contributed by atoms with Crippen LogP contribution < -0.4 is 16.0 Å². The molecule has 2 aromatic carbocycles. The molecule has 262 valence electrons. The highest BCUT2D eigenvalue weighted by atomic mass is 35.5.